The van der Waals surface area contributed by atoms with E-state index < -0.39 is 0 Å². The summed E-state index contributed by atoms with van der Waals surface area (Å²) in [5.41, 5.74) is 0. The summed E-state index contributed by atoms with van der Waals surface area (Å²) in [6, 6.07) is -0.269. The van der Waals surface area contributed by atoms with Gasteiger partial charge in [0.2, 0.25) is 0 Å². The van der Waals surface area contributed by atoms with Crippen LogP contribution < -0.4 is 0 Å². The Bertz CT molecular complexity index is 152. The molecule has 0 radical (unpaired) electrons. The van der Waals surface area contributed by atoms with Crippen molar-refractivity contribution in [1.82, 2.24) is 0 Å². The van der Waals surface area contributed by atoms with E-state index in [1.54, 1.807) is 14.0 Å². The van der Waals surface area contributed by atoms with Crippen LogP contribution in [-0.2, 0) is 9.53 Å². The Morgan fingerprint density at radius 1 is 1.55 bits per heavy atom. The minimum absolute atomic E-state index is 0.234. The molecule has 0 rings (SSSR count). The predicted molar refractivity (Wildman–Crippen MR) is 44.8 cm³/mol. The van der Waals surface area contributed by atoms with Crippen molar-refractivity contribution < 1.29 is 9.53 Å². The van der Waals surface area contributed by atoms with Crippen LogP contribution >= 0.6 is 0 Å². The molecule has 11 heavy (non-hydrogen) atoms. The third-order valence-electron chi connectivity index (χ3n) is 1.45. The van der Waals surface area contributed by atoms with Crippen LogP contribution in [0.15, 0.2) is 4.99 Å². The van der Waals surface area contributed by atoms with Crippen molar-refractivity contribution in [1.29, 1.82) is 0 Å². The first kappa shape index (κ1) is 10.1. The summed E-state index contributed by atoms with van der Waals surface area (Å²) in [4.78, 5) is 14.5. The molecule has 0 aromatic rings. The second kappa shape index (κ2) is 4.88. The maximum Gasteiger partial charge on any atom is 0.180 e. The molecular weight excluding hydrogens is 142 g/mol. The molecule has 3 nitrogen and oxygen atoms in total. The fourth-order valence-corrected chi connectivity index (χ4v) is 0.599. The summed E-state index contributed by atoms with van der Waals surface area (Å²) >= 11 is 0. The highest BCUT2D eigenvalue weighted by molar-refractivity contribution is 5.75. The molecule has 0 bridgehead atoms. The molecular formula is C8H15NO2. The van der Waals surface area contributed by atoms with Crippen LogP contribution in [0.4, 0.5) is 0 Å². The zero-order valence-corrected chi connectivity index (χ0v) is 7.50. The van der Waals surface area contributed by atoms with Crippen LogP contribution in [0.1, 0.15) is 20.8 Å². The lowest BCUT2D eigenvalue weighted by molar-refractivity contribution is -0.109. The van der Waals surface area contributed by atoms with Gasteiger partial charge in [-0.2, -0.15) is 0 Å². The molecule has 0 aliphatic heterocycles. The van der Waals surface area contributed by atoms with E-state index >= 15 is 0 Å². The smallest absolute Gasteiger partial charge is 0.180 e. The predicted octanol–water partition coefficient (Wildman–Crippen LogP) is 1.27. The maximum atomic E-state index is 10.4. The van der Waals surface area contributed by atoms with Crippen molar-refractivity contribution in [3.05, 3.63) is 0 Å². The van der Waals surface area contributed by atoms with Gasteiger partial charge in [-0.25, -0.2) is 4.99 Å². The molecule has 1 unspecified atom stereocenters. The summed E-state index contributed by atoms with van der Waals surface area (Å²) in [5, 5.41) is 0. The summed E-state index contributed by atoms with van der Waals surface area (Å²) in [7, 11) is 1.54. The minimum Gasteiger partial charge on any atom is -0.484 e. The number of ether oxygens (including phenoxy) is 1. The van der Waals surface area contributed by atoms with Crippen LogP contribution in [0.5, 0.6) is 0 Å². The van der Waals surface area contributed by atoms with Crippen LogP contribution in [0.25, 0.3) is 0 Å². The Morgan fingerprint density at radius 2 is 2.09 bits per heavy atom. The molecule has 0 heterocycles. The van der Waals surface area contributed by atoms with Crippen LogP contribution in [0.3, 0.4) is 0 Å². The van der Waals surface area contributed by atoms with E-state index in [-0.39, 0.29) is 12.0 Å². The van der Waals surface area contributed by atoms with E-state index in [9.17, 15) is 4.79 Å². The van der Waals surface area contributed by atoms with Gasteiger partial charge in [0.15, 0.2) is 5.90 Å². The van der Waals surface area contributed by atoms with Crippen molar-refractivity contribution >= 4 is 12.2 Å². The first-order valence-corrected chi connectivity index (χ1v) is 3.65. The molecule has 0 N–H and O–H groups in total. The normalized spacial score (nSPS) is 14.8. The summed E-state index contributed by atoms with van der Waals surface area (Å²) in [5.74, 6) is 0.786. The number of carbonyl (C=O) groups is 1. The van der Waals surface area contributed by atoms with Crippen molar-refractivity contribution in [3.63, 3.8) is 0 Å². The van der Waals surface area contributed by atoms with Gasteiger partial charge in [-0.3, -0.25) is 0 Å². The van der Waals surface area contributed by atoms with Gasteiger partial charge in [-0.15, -0.1) is 0 Å². The maximum absolute atomic E-state index is 10.4. The lowest BCUT2D eigenvalue weighted by atomic mass is 10.1. The third-order valence-corrected chi connectivity index (χ3v) is 1.45. The Balaban J connectivity index is 4.17. The van der Waals surface area contributed by atoms with E-state index in [0.717, 1.165) is 6.29 Å². The number of carbonyl (C=O) groups excluding carboxylic acids is 1. The van der Waals surface area contributed by atoms with Gasteiger partial charge in [-0.1, -0.05) is 13.8 Å². The van der Waals surface area contributed by atoms with Crippen molar-refractivity contribution in [3.8, 4) is 0 Å². The highest BCUT2D eigenvalue weighted by Crippen LogP contribution is 2.03. The van der Waals surface area contributed by atoms with E-state index in [1.165, 1.54) is 0 Å². The Morgan fingerprint density at radius 3 is 2.36 bits per heavy atom. The number of hydrogen-bond donors (Lipinski definition) is 0. The Labute approximate surface area is 67.5 Å². The molecule has 0 spiro atoms. The number of methoxy groups -OCH3 is 1. The minimum atomic E-state index is -0.269. The Hall–Kier alpha value is -0.860. The highest BCUT2D eigenvalue weighted by Gasteiger charge is 2.09. The van der Waals surface area contributed by atoms with E-state index in [0.29, 0.717) is 5.90 Å². The van der Waals surface area contributed by atoms with Crippen molar-refractivity contribution in [2.75, 3.05) is 7.11 Å². The average molecular weight is 157 g/mol. The Kier molecular flexibility index (Phi) is 4.50. The number of aldehydes is 1. The van der Waals surface area contributed by atoms with E-state index in [4.69, 9.17) is 4.74 Å². The molecule has 0 saturated heterocycles. The molecule has 0 aliphatic rings. The zero-order valence-electron chi connectivity index (χ0n) is 7.50. The van der Waals surface area contributed by atoms with Gasteiger partial charge in [0, 0.05) is 6.92 Å². The molecule has 3 heteroatoms. The zero-order chi connectivity index (χ0) is 8.85. The molecule has 0 saturated carbocycles. The van der Waals surface area contributed by atoms with Gasteiger partial charge < -0.3 is 9.53 Å². The fraction of sp³-hybridized carbons (Fsp3) is 0.750. The quantitative estimate of drug-likeness (QED) is 0.351. The monoisotopic (exact) mass is 157 g/mol. The van der Waals surface area contributed by atoms with Gasteiger partial charge in [0.1, 0.15) is 12.3 Å². The van der Waals surface area contributed by atoms with Gasteiger partial charge in [0.25, 0.3) is 0 Å². The standard InChI is InChI=1S/C8H15NO2/c1-6(2)8(5-10)9-7(3)11-4/h5-6,8H,1-4H3. The highest BCUT2D eigenvalue weighted by atomic mass is 16.5. The van der Waals surface area contributed by atoms with Crippen molar-refractivity contribution in [2.24, 2.45) is 10.9 Å². The molecule has 0 aliphatic carbocycles. The second-order valence-corrected chi connectivity index (χ2v) is 2.72. The summed E-state index contributed by atoms with van der Waals surface area (Å²) in [6.07, 6.45) is 0.840. The number of nitrogens with zero attached hydrogens (tertiary/aromatic N) is 1. The molecule has 0 aromatic carbocycles. The van der Waals surface area contributed by atoms with Gasteiger partial charge in [-0.05, 0) is 5.92 Å². The summed E-state index contributed by atoms with van der Waals surface area (Å²) < 4.78 is 4.82. The third kappa shape index (κ3) is 3.75. The first-order valence-electron chi connectivity index (χ1n) is 3.65. The van der Waals surface area contributed by atoms with Crippen LogP contribution in [0, 0.1) is 5.92 Å². The van der Waals surface area contributed by atoms with Gasteiger partial charge in [0.05, 0.1) is 7.11 Å². The molecule has 0 fully saturated rings. The SMILES string of the molecule is COC(C)=NC(C=O)C(C)C. The molecule has 0 aromatic heterocycles. The fourth-order valence-electron chi connectivity index (χ4n) is 0.599. The lowest BCUT2D eigenvalue weighted by Gasteiger charge is -2.09. The molecule has 1 atom stereocenters. The topological polar surface area (TPSA) is 38.7 Å². The second-order valence-electron chi connectivity index (χ2n) is 2.72. The molecule has 64 valence electrons. The van der Waals surface area contributed by atoms with E-state index in [2.05, 4.69) is 4.99 Å². The first-order chi connectivity index (χ1) is 5.11. The van der Waals surface area contributed by atoms with Crippen molar-refractivity contribution in [2.45, 2.75) is 26.8 Å². The number of hydrogen-bond acceptors (Lipinski definition) is 3. The largest absolute Gasteiger partial charge is 0.484 e. The summed E-state index contributed by atoms with van der Waals surface area (Å²) in [6.45, 7) is 5.63. The van der Waals surface area contributed by atoms with Crippen LogP contribution in [0.2, 0.25) is 0 Å². The molecule has 0 amide bonds. The average Bonchev–Trinajstić information content (AvgIpc) is 1.99. The number of aliphatic imine (C=N–C) groups is 1. The lowest BCUT2D eigenvalue weighted by Crippen LogP contribution is -2.16. The van der Waals surface area contributed by atoms with Gasteiger partial charge >= 0.3 is 0 Å². The van der Waals surface area contributed by atoms with E-state index in [1.807, 2.05) is 13.8 Å². The van der Waals surface area contributed by atoms with Crippen LogP contribution in [-0.4, -0.2) is 25.3 Å². The number of rotatable bonds is 3.